The maximum atomic E-state index is 13.0. The third kappa shape index (κ3) is 4.01. The molecule has 1 fully saturated rings. The van der Waals surface area contributed by atoms with Gasteiger partial charge in [-0.1, -0.05) is 12.1 Å². The van der Waals surface area contributed by atoms with Gasteiger partial charge in [0.1, 0.15) is 11.9 Å². The molecule has 2 amide bonds. The van der Waals surface area contributed by atoms with Crippen LogP contribution in [0.3, 0.4) is 0 Å². The van der Waals surface area contributed by atoms with Gasteiger partial charge in [-0.3, -0.25) is 0 Å². The SMILES string of the molecule is O=C(Nc1cccc2c1CCCC2)N1CCOCC1CC(O)c1ccco1. The molecule has 1 aliphatic carbocycles. The number of benzene rings is 1. The van der Waals surface area contributed by atoms with Gasteiger partial charge in [0.05, 0.1) is 25.5 Å². The van der Waals surface area contributed by atoms with E-state index in [1.807, 2.05) is 12.1 Å². The third-order valence-corrected chi connectivity index (χ3v) is 5.49. The highest BCUT2D eigenvalue weighted by atomic mass is 16.5. The van der Waals surface area contributed by atoms with Crippen molar-refractivity contribution in [1.82, 2.24) is 4.90 Å². The smallest absolute Gasteiger partial charge is 0.322 e. The van der Waals surface area contributed by atoms with Crippen molar-refractivity contribution in [3.8, 4) is 0 Å². The van der Waals surface area contributed by atoms with Crippen LogP contribution in [0.15, 0.2) is 41.0 Å². The number of hydrogen-bond donors (Lipinski definition) is 2. The summed E-state index contributed by atoms with van der Waals surface area (Å²) in [6.07, 6.45) is 5.62. The first kappa shape index (κ1) is 18.1. The molecular formula is C21H26N2O4. The third-order valence-electron chi connectivity index (χ3n) is 5.49. The van der Waals surface area contributed by atoms with Crippen molar-refractivity contribution < 1.29 is 19.1 Å². The molecule has 6 nitrogen and oxygen atoms in total. The van der Waals surface area contributed by atoms with E-state index in [1.54, 1.807) is 23.3 Å². The van der Waals surface area contributed by atoms with Crippen LogP contribution in [-0.2, 0) is 17.6 Å². The first-order valence-corrected chi connectivity index (χ1v) is 9.70. The zero-order valence-electron chi connectivity index (χ0n) is 15.4. The molecule has 1 aromatic carbocycles. The number of furan rings is 1. The number of nitrogens with one attached hydrogen (secondary N) is 1. The maximum absolute atomic E-state index is 13.0. The Bertz CT molecular complexity index is 774. The lowest BCUT2D eigenvalue weighted by molar-refractivity contribution is -0.00713. The molecule has 4 rings (SSSR count). The molecule has 1 aliphatic heterocycles. The Morgan fingerprint density at radius 3 is 3.00 bits per heavy atom. The average molecular weight is 370 g/mol. The summed E-state index contributed by atoms with van der Waals surface area (Å²) in [6.45, 7) is 1.43. The highest BCUT2D eigenvalue weighted by Crippen LogP contribution is 2.29. The summed E-state index contributed by atoms with van der Waals surface area (Å²) in [7, 11) is 0. The average Bonchev–Trinajstić information content (AvgIpc) is 3.24. The predicted molar refractivity (Wildman–Crippen MR) is 102 cm³/mol. The molecule has 2 aliphatic rings. The molecule has 0 spiro atoms. The van der Waals surface area contributed by atoms with Crippen molar-refractivity contribution in [2.45, 2.75) is 44.2 Å². The monoisotopic (exact) mass is 370 g/mol. The lowest BCUT2D eigenvalue weighted by Gasteiger charge is -2.36. The number of hydrogen-bond acceptors (Lipinski definition) is 4. The van der Waals surface area contributed by atoms with Crippen LogP contribution in [-0.4, -0.2) is 41.8 Å². The number of ether oxygens (including phenoxy) is 1. The molecule has 0 radical (unpaired) electrons. The molecule has 1 aromatic heterocycles. The first-order valence-electron chi connectivity index (χ1n) is 9.70. The van der Waals surface area contributed by atoms with Crippen LogP contribution in [0.1, 0.15) is 42.3 Å². The lowest BCUT2D eigenvalue weighted by atomic mass is 9.90. The molecule has 2 atom stereocenters. The molecular weight excluding hydrogens is 344 g/mol. The Labute approximate surface area is 159 Å². The molecule has 27 heavy (non-hydrogen) atoms. The minimum Gasteiger partial charge on any atom is -0.467 e. The number of aryl methyl sites for hydroxylation is 1. The van der Waals surface area contributed by atoms with Gasteiger partial charge in [0.15, 0.2) is 0 Å². The fraction of sp³-hybridized carbons (Fsp3) is 0.476. The van der Waals surface area contributed by atoms with Gasteiger partial charge < -0.3 is 24.5 Å². The molecule has 0 saturated carbocycles. The van der Waals surface area contributed by atoms with Crippen LogP contribution in [0, 0.1) is 0 Å². The Kier molecular flexibility index (Phi) is 5.45. The van der Waals surface area contributed by atoms with Gasteiger partial charge in [-0.2, -0.15) is 0 Å². The fourth-order valence-corrected chi connectivity index (χ4v) is 4.06. The Balaban J connectivity index is 1.46. The summed E-state index contributed by atoms with van der Waals surface area (Å²) in [5.74, 6) is 0.512. The molecule has 2 unspecified atom stereocenters. The van der Waals surface area contributed by atoms with E-state index in [1.165, 1.54) is 17.5 Å². The normalized spacial score (nSPS) is 20.8. The van der Waals surface area contributed by atoms with E-state index in [0.29, 0.717) is 31.9 Å². The minimum absolute atomic E-state index is 0.131. The van der Waals surface area contributed by atoms with E-state index in [4.69, 9.17) is 9.15 Å². The highest BCUT2D eigenvalue weighted by molar-refractivity contribution is 5.90. The zero-order chi connectivity index (χ0) is 18.6. The maximum Gasteiger partial charge on any atom is 0.322 e. The van der Waals surface area contributed by atoms with Gasteiger partial charge in [0, 0.05) is 18.7 Å². The van der Waals surface area contributed by atoms with Gasteiger partial charge in [-0.25, -0.2) is 4.79 Å². The second kappa shape index (κ2) is 8.15. The van der Waals surface area contributed by atoms with Gasteiger partial charge in [-0.05, 0) is 55.0 Å². The molecule has 1 saturated heterocycles. The number of urea groups is 1. The van der Waals surface area contributed by atoms with Crippen molar-refractivity contribution in [3.05, 3.63) is 53.5 Å². The van der Waals surface area contributed by atoms with Crippen molar-refractivity contribution >= 4 is 11.7 Å². The summed E-state index contributed by atoms with van der Waals surface area (Å²) in [5, 5.41) is 13.5. The van der Waals surface area contributed by atoms with Crippen LogP contribution in [0.2, 0.25) is 0 Å². The van der Waals surface area contributed by atoms with E-state index in [-0.39, 0.29) is 12.1 Å². The minimum atomic E-state index is -0.758. The standard InChI is InChI=1S/C21H26N2O4/c24-19(20-9-4-11-27-20)13-16-14-26-12-10-23(16)21(25)22-18-8-3-6-15-5-1-2-7-17(15)18/h3-4,6,8-9,11,16,19,24H,1-2,5,7,10,12-14H2,(H,22,25). The summed E-state index contributed by atoms with van der Waals surface area (Å²) in [6, 6.07) is 9.31. The zero-order valence-corrected chi connectivity index (χ0v) is 15.4. The van der Waals surface area contributed by atoms with E-state index >= 15 is 0 Å². The van der Waals surface area contributed by atoms with Crippen molar-refractivity contribution in [2.24, 2.45) is 0 Å². The molecule has 2 heterocycles. The van der Waals surface area contributed by atoms with Gasteiger partial charge >= 0.3 is 6.03 Å². The molecule has 144 valence electrons. The fourth-order valence-electron chi connectivity index (χ4n) is 4.06. The highest BCUT2D eigenvalue weighted by Gasteiger charge is 2.30. The Morgan fingerprint density at radius 2 is 2.15 bits per heavy atom. The van der Waals surface area contributed by atoms with Crippen molar-refractivity contribution in [2.75, 3.05) is 25.1 Å². The number of fused-ring (bicyclic) bond motifs is 1. The number of anilines is 1. The van der Waals surface area contributed by atoms with Gasteiger partial charge in [-0.15, -0.1) is 0 Å². The number of carbonyl (C=O) groups excluding carboxylic acids is 1. The number of nitrogens with zero attached hydrogens (tertiary/aromatic N) is 1. The second-order valence-electron chi connectivity index (χ2n) is 7.27. The number of aliphatic hydroxyl groups is 1. The number of carbonyl (C=O) groups is 1. The van der Waals surface area contributed by atoms with Crippen LogP contribution >= 0.6 is 0 Å². The lowest BCUT2D eigenvalue weighted by Crippen LogP contribution is -2.51. The summed E-state index contributed by atoms with van der Waals surface area (Å²) in [5.41, 5.74) is 3.51. The summed E-state index contributed by atoms with van der Waals surface area (Å²) < 4.78 is 10.8. The van der Waals surface area contributed by atoms with Crippen LogP contribution in [0.4, 0.5) is 10.5 Å². The number of rotatable bonds is 4. The quantitative estimate of drug-likeness (QED) is 0.864. The Hall–Kier alpha value is -2.31. The van der Waals surface area contributed by atoms with Gasteiger partial charge in [0.25, 0.3) is 0 Å². The topological polar surface area (TPSA) is 74.9 Å². The Morgan fingerprint density at radius 1 is 1.26 bits per heavy atom. The number of aliphatic hydroxyl groups excluding tert-OH is 1. The van der Waals surface area contributed by atoms with E-state index in [0.717, 1.165) is 24.9 Å². The summed E-state index contributed by atoms with van der Waals surface area (Å²) >= 11 is 0. The molecule has 6 heteroatoms. The van der Waals surface area contributed by atoms with E-state index < -0.39 is 6.10 Å². The second-order valence-corrected chi connectivity index (χ2v) is 7.27. The molecule has 0 bridgehead atoms. The van der Waals surface area contributed by atoms with Gasteiger partial charge in [0.2, 0.25) is 0 Å². The van der Waals surface area contributed by atoms with E-state index in [2.05, 4.69) is 11.4 Å². The summed E-state index contributed by atoms with van der Waals surface area (Å²) in [4.78, 5) is 14.8. The van der Waals surface area contributed by atoms with Crippen LogP contribution in [0.5, 0.6) is 0 Å². The van der Waals surface area contributed by atoms with Crippen LogP contribution in [0.25, 0.3) is 0 Å². The largest absolute Gasteiger partial charge is 0.467 e. The van der Waals surface area contributed by atoms with Crippen LogP contribution < -0.4 is 5.32 Å². The van der Waals surface area contributed by atoms with E-state index in [9.17, 15) is 9.90 Å². The predicted octanol–water partition coefficient (Wildman–Crippen LogP) is 3.51. The van der Waals surface area contributed by atoms with Crippen molar-refractivity contribution in [3.63, 3.8) is 0 Å². The number of morpholine rings is 1. The molecule has 2 N–H and O–H groups in total. The molecule has 2 aromatic rings. The van der Waals surface area contributed by atoms with Crippen molar-refractivity contribution in [1.29, 1.82) is 0 Å². The number of amides is 2. The first-order chi connectivity index (χ1) is 13.2.